The van der Waals surface area contributed by atoms with Crippen LogP contribution in [0.1, 0.15) is 46.0 Å². The number of hydrogen-bond donors (Lipinski definition) is 1. The minimum absolute atomic E-state index is 0.122. The van der Waals surface area contributed by atoms with E-state index in [0.717, 1.165) is 0 Å². The minimum atomic E-state index is -0.610. The number of carbonyl (C=O) groups is 2. The van der Waals surface area contributed by atoms with Gasteiger partial charge in [-0.1, -0.05) is 12.1 Å². The van der Waals surface area contributed by atoms with Crippen molar-refractivity contribution in [2.24, 2.45) is 0 Å². The molecule has 2 aromatic rings. The van der Waals surface area contributed by atoms with Crippen molar-refractivity contribution in [3.8, 4) is 0 Å². The van der Waals surface area contributed by atoms with Crippen LogP contribution < -0.4 is 5.32 Å². The summed E-state index contributed by atoms with van der Waals surface area (Å²) in [5, 5.41) is 2.80. The molecular formula is C20H21FN2O4. The Labute approximate surface area is 157 Å². The van der Waals surface area contributed by atoms with Crippen molar-refractivity contribution in [1.82, 2.24) is 4.98 Å². The number of nitrogens with zero attached hydrogens (tertiary/aromatic N) is 1. The molecule has 0 saturated heterocycles. The Morgan fingerprint density at radius 1 is 1.11 bits per heavy atom. The highest BCUT2D eigenvalue weighted by Gasteiger charge is 2.19. The van der Waals surface area contributed by atoms with Gasteiger partial charge in [0, 0.05) is 6.20 Å². The van der Waals surface area contributed by atoms with Crippen LogP contribution in [0.25, 0.3) is 6.08 Å². The fourth-order valence-corrected chi connectivity index (χ4v) is 2.33. The SMILES string of the molecule is CCOC(=O)c1cc(C(=O)OCC)c(/C=C\Nc2ccccc2F)nc1C. The molecule has 1 aromatic carbocycles. The van der Waals surface area contributed by atoms with Crippen molar-refractivity contribution >= 4 is 23.7 Å². The molecule has 1 aromatic heterocycles. The molecule has 0 aliphatic carbocycles. The highest BCUT2D eigenvalue weighted by molar-refractivity contribution is 5.98. The molecule has 0 amide bonds. The van der Waals surface area contributed by atoms with E-state index < -0.39 is 17.8 Å². The summed E-state index contributed by atoms with van der Waals surface area (Å²) in [5.74, 6) is -1.58. The number of benzene rings is 1. The van der Waals surface area contributed by atoms with Crippen LogP contribution in [-0.4, -0.2) is 30.1 Å². The van der Waals surface area contributed by atoms with Gasteiger partial charge < -0.3 is 14.8 Å². The Balaban J connectivity index is 2.37. The van der Waals surface area contributed by atoms with Crippen molar-refractivity contribution in [3.63, 3.8) is 0 Å². The molecule has 0 aliphatic heterocycles. The smallest absolute Gasteiger partial charge is 0.340 e. The third-order valence-electron chi connectivity index (χ3n) is 3.59. The number of carbonyl (C=O) groups excluding carboxylic acids is 2. The molecule has 2 rings (SSSR count). The van der Waals surface area contributed by atoms with Crippen LogP contribution in [0.5, 0.6) is 0 Å². The molecule has 0 bridgehead atoms. The molecule has 142 valence electrons. The molecule has 0 radical (unpaired) electrons. The van der Waals surface area contributed by atoms with E-state index in [9.17, 15) is 14.0 Å². The van der Waals surface area contributed by atoms with E-state index >= 15 is 0 Å². The predicted octanol–water partition coefficient (Wildman–Crippen LogP) is 3.97. The Hall–Kier alpha value is -3.22. The zero-order valence-electron chi connectivity index (χ0n) is 15.4. The quantitative estimate of drug-likeness (QED) is 0.741. The van der Waals surface area contributed by atoms with Gasteiger partial charge in [0.05, 0.1) is 41.4 Å². The Bertz CT molecular complexity index is 865. The summed E-state index contributed by atoms with van der Waals surface area (Å²) in [6.45, 7) is 5.40. The van der Waals surface area contributed by atoms with E-state index in [4.69, 9.17) is 9.47 Å². The monoisotopic (exact) mass is 372 g/mol. The first-order valence-corrected chi connectivity index (χ1v) is 8.51. The summed E-state index contributed by atoms with van der Waals surface area (Å²) in [5.41, 5.74) is 1.30. The van der Waals surface area contributed by atoms with Crippen LogP contribution in [0, 0.1) is 12.7 Å². The second-order valence-electron chi connectivity index (χ2n) is 5.45. The number of anilines is 1. The lowest BCUT2D eigenvalue weighted by atomic mass is 10.1. The van der Waals surface area contributed by atoms with Gasteiger partial charge >= 0.3 is 11.9 Å². The summed E-state index contributed by atoms with van der Waals surface area (Å²) in [6.07, 6.45) is 2.98. The van der Waals surface area contributed by atoms with E-state index in [1.54, 1.807) is 39.0 Å². The lowest BCUT2D eigenvalue weighted by Crippen LogP contribution is -2.14. The summed E-state index contributed by atoms with van der Waals surface area (Å²) in [6, 6.07) is 7.59. The van der Waals surface area contributed by atoms with Gasteiger partial charge in [0.2, 0.25) is 0 Å². The molecule has 0 unspecified atom stereocenters. The number of nitrogens with one attached hydrogen (secondary N) is 1. The summed E-state index contributed by atoms with van der Waals surface area (Å²) in [7, 11) is 0. The average Bonchev–Trinajstić information content (AvgIpc) is 2.63. The second-order valence-corrected chi connectivity index (χ2v) is 5.45. The molecule has 0 atom stereocenters. The Kier molecular flexibility index (Phi) is 7.05. The van der Waals surface area contributed by atoms with Crippen molar-refractivity contribution < 1.29 is 23.5 Å². The van der Waals surface area contributed by atoms with Gasteiger partial charge in [0.15, 0.2) is 0 Å². The number of hydrogen-bond acceptors (Lipinski definition) is 6. The molecule has 6 nitrogen and oxygen atoms in total. The van der Waals surface area contributed by atoms with Crippen LogP contribution in [0.15, 0.2) is 36.5 Å². The van der Waals surface area contributed by atoms with Gasteiger partial charge in [-0.25, -0.2) is 14.0 Å². The molecule has 1 heterocycles. The highest BCUT2D eigenvalue weighted by Crippen LogP contribution is 2.18. The van der Waals surface area contributed by atoms with Gasteiger partial charge in [-0.15, -0.1) is 0 Å². The van der Waals surface area contributed by atoms with Gasteiger partial charge in [-0.05, 0) is 45.0 Å². The van der Waals surface area contributed by atoms with Crippen LogP contribution >= 0.6 is 0 Å². The third-order valence-corrected chi connectivity index (χ3v) is 3.59. The maximum Gasteiger partial charge on any atom is 0.340 e. The lowest BCUT2D eigenvalue weighted by molar-refractivity contribution is 0.0523. The summed E-state index contributed by atoms with van der Waals surface area (Å²) in [4.78, 5) is 28.6. The third kappa shape index (κ3) is 5.13. The summed E-state index contributed by atoms with van der Waals surface area (Å²) < 4.78 is 23.7. The van der Waals surface area contributed by atoms with Crippen LogP contribution in [-0.2, 0) is 9.47 Å². The number of ether oxygens (including phenoxy) is 2. The molecule has 0 fully saturated rings. The number of rotatable bonds is 7. The van der Waals surface area contributed by atoms with Crippen LogP contribution in [0.4, 0.5) is 10.1 Å². The van der Waals surface area contributed by atoms with Crippen LogP contribution in [0.2, 0.25) is 0 Å². The molecule has 0 saturated carbocycles. The molecule has 1 N–H and O–H groups in total. The van der Waals surface area contributed by atoms with E-state index in [2.05, 4.69) is 10.3 Å². The second kappa shape index (κ2) is 9.47. The highest BCUT2D eigenvalue weighted by atomic mass is 19.1. The zero-order chi connectivity index (χ0) is 19.8. The number of para-hydroxylation sites is 1. The van der Waals surface area contributed by atoms with Gasteiger partial charge in [-0.2, -0.15) is 0 Å². The van der Waals surface area contributed by atoms with Gasteiger partial charge in [0.1, 0.15) is 5.82 Å². The Morgan fingerprint density at radius 3 is 2.37 bits per heavy atom. The van der Waals surface area contributed by atoms with Gasteiger partial charge in [-0.3, -0.25) is 4.98 Å². The number of pyridine rings is 1. The normalized spacial score (nSPS) is 10.7. The number of aryl methyl sites for hydroxylation is 1. The van der Waals surface area contributed by atoms with Gasteiger partial charge in [0.25, 0.3) is 0 Å². The number of halogens is 1. The minimum Gasteiger partial charge on any atom is -0.462 e. The molecule has 27 heavy (non-hydrogen) atoms. The van der Waals surface area contributed by atoms with Crippen molar-refractivity contribution in [2.45, 2.75) is 20.8 Å². The topological polar surface area (TPSA) is 77.5 Å². The van der Waals surface area contributed by atoms with E-state index in [0.29, 0.717) is 11.4 Å². The predicted molar refractivity (Wildman–Crippen MR) is 99.9 cm³/mol. The number of esters is 2. The summed E-state index contributed by atoms with van der Waals surface area (Å²) >= 11 is 0. The van der Waals surface area contributed by atoms with Crippen molar-refractivity contribution in [2.75, 3.05) is 18.5 Å². The zero-order valence-corrected chi connectivity index (χ0v) is 15.4. The van der Waals surface area contributed by atoms with E-state index in [1.165, 1.54) is 24.4 Å². The molecule has 0 spiro atoms. The first-order chi connectivity index (χ1) is 13.0. The fourth-order valence-electron chi connectivity index (χ4n) is 2.33. The largest absolute Gasteiger partial charge is 0.462 e. The molecule has 0 aliphatic rings. The maximum atomic E-state index is 13.7. The first kappa shape index (κ1) is 20.1. The van der Waals surface area contributed by atoms with Crippen molar-refractivity contribution in [1.29, 1.82) is 0 Å². The fraction of sp³-hybridized carbons (Fsp3) is 0.250. The first-order valence-electron chi connectivity index (χ1n) is 8.51. The van der Waals surface area contributed by atoms with E-state index in [1.807, 2.05) is 0 Å². The maximum absolute atomic E-state index is 13.7. The average molecular weight is 372 g/mol. The molecular weight excluding hydrogens is 351 g/mol. The number of aromatic nitrogens is 1. The lowest BCUT2D eigenvalue weighted by Gasteiger charge is -2.11. The van der Waals surface area contributed by atoms with Crippen LogP contribution in [0.3, 0.4) is 0 Å². The van der Waals surface area contributed by atoms with Crippen molar-refractivity contribution in [3.05, 3.63) is 64.9 Å². The Morgan fingerprint density at radius 2 is 1.74 bits per heavy atom. The van der Waals surface area contributed by atoms with E-state index in [-0.39, 0.29) is 30.0 Å². The standard InChI is InChI=1S/C20H21FN2O4/c1-4-26-19(24)14-12-15(20(25)27-5-2)17(23-13(14)3)10-11-22-18-9-7-6-8-16(18)21/h6-12,22H,4-5H2,1-3H3/b11-10-. The molecule has 7 heteroatoms.